The van der Waals surface area contributed by atoms with Gasteiger partial charge in [-0.3, -0.25) is 9.59 Å². The van der Waals surface area contributed by atoms with Crippen molar-refractivity contribution < 1.29 is 19.1 Å². The maximum absolute atomic E-state index is 11.5. The van der Waals surface area contributed by atoms with Crippen LogP contribution in [0.25, 0.3) is 0 Å². The zero-order valence-corrected chi connectivity index (χ0v) is 12.5. The maximum atomic E-state index is 11.5. The van der Waals surface area contributed by atoms with Crippen LogP contribution in [-0.4, -0.2) is 26.2 Å². The van der Waals surface area contributed by atoms with Gasteiger partial charge >= 0.3 is 11.9 Å². The highest BCUT2D eigenvalue weighted by Crippen LogP contribution is 2.17. The number of esters is 2. The van der Waals surface area contributed by atoms with E-state index in [1.54, 1.807) is 0 Å². The number of halogens is 1. The summed E-state index contributed by atoms with van der Waals surface area (Å²) < 4.78 is 10.3. The van der Waals surface area contributed by atoms with Gasteiger partial charge in [0.25, 0.3) is 0 Å². The van der Waals surface area contributed by atoms with Crippen molar-refractivity contribution in [2.24, 2.45) is 5.92 Å². The molecule has 0 amide bonds. The molecule has 4 nitrogen and oxygen atoms in total. The van der Waals surface area contributed by atoms with Crippen LogP contribution >= 0.6 is 22.6 Å². The Hall–Kier alpha value is -1.11. The van der Waals surface area contributed by atoms with E-state index in [-0.39, 0.29) is 0 Å². The van der Waals surface area contributed by atoms with Crippen molar-refractivity contribution in [2.75, 3.05) is 14.2 Å². The Labute approximate surface area is 120 Å². The van der Waals surface area contributed by atoms with E-state index in [2.05, 4.69) is 32.1 Å². The lowest BCUT2D eigenvalue weighted by Crippen LogP contribution is -2.27. The Morgan fingerprint density at radius 3 is 2.22 bits per heavy atom. The first kappa shape index (κ1) is 14.9. The number of hydrogen-bond acceptors (Lipinski definition) is 4. The lowest BCUT2D eigenvalue weighted by molar-refractivity contribution is -0.159. The molecule has 0 aliphatic heterocycles. The average molecular weight is 362 g/mol. The standard InChI is InChI=1S/C13H15IO4/c1-17-12(15)10(13(16)18-2)8-7-9-5-3-4-6-11(9)14/h3-6,10H,7-8H2,1-2H3. The van der Waals surface area contributed by atoms with Gasteiger partial charge in [0.2, 0.25) is 0 Å². The summed E-state index contributed by atoms with van der Waals surface area (Å²) in [5, 5.41) is 0. The summed E-state index contributed by atoms with van der Waals surface area (Å²) >= 11 is 2.23. The van der Waals surface area contributed by atoms with Crippen LogP contribution in [0.4, 0.5) is 0 Å². The number of methoxy groups -OCH3 is 2. The van der Waals surface area contributed by atoms with Crippen molar-refractivity contribution in [1.29, 1.82) is 0 Å². The second kappa shape index (κ2) is 7.35. The number of rotatable bonds is 5. The fourth-order valence-corrected chi connectivity index (χ4v) is 2.27. The molecule has 5 heteroatoms. The largest absolute Gasteiger partial charge is 0.468 e. The molecular weight excluding hydrogens is 347 g/mol. The highest BCUT2D eigenvalue weighted by atomic mass is 127. The van der Waals surface area contributed by atoms with E-state index in [4.69, 9.17) is 0 Å². The van der Waals surface area contributed by atoms with Gasteiger partial charge in [-0.25, -0.2) is 0 Å². The van der Waals surface area contributed by atoms with Crippen LogP contribution in [0.1, 0.15) is 12.0 Å². The van der Waals surface area contributed by atoms with E-state index >= 15 is 0 Å². The minimum atomic E-state index is -0.851. The highest BCUT2D eigenvalue weighted by molar-refractivity contribution is 14.1. The SMILES string of the molecule is COC(=O)C(CCc1ccccc1I)C(=O)OC. The normalized spacial score (nSPS) is 10.2. The second-order valence-corrected chi connectivity index (χ2v) is 4.89. The lowest BCUT2D eigenvalue weighted by atomic mass is 9.99. The van der Waals surface area contributed by atoms with Gasteiger partial charge in [-0.1, -0.05) is 18.2 Å². The number of carbonyl (C=O) groups excluding carboxylic acids is 2. The van der Waals surface area contributed by atoms with Gasteiger partial charge in [0, 0.05) is 3.57 Å². The molecule has 0 heterocycles. The number of hydrogen-bond donors (Lipinski definition) is 0. The smallest absolute Gasteiger partial charge is 0.320 e. The summed E-state index contributed by atoms with van der Waals surface area (Å²) in [7, 11) is 2.54. The molecule has 0 aliphatic rings. The highest BCUT2D eigenvalue weighted by Gasteiger charge is 2.28. The molecule has 1 aromatic rings. The van der Waals surface area contributed by atoms with Crippen molar-refractivity contribution in [1.82, 2.24) is 0 Å². The first-order valence-electron chi connectivity index (χ1n) is 5.49. The second-order valence-electron chi connectivity index (χ2n) is 3.73. The zero-order chi connectivity index (χ0) is 13.5. The summed E-state index contributed by atoms with van der Waals surface area (Å²) in [4.78, 5) is 23.0. The predicted molar refractivity (Wildman–Crippen MR) is 75.0 cm³/mol. The first-order chi connectivity index (χ1) is 8.60. The molecule has 0 atom stereocenters. The summed E-state index contributed by atoms with van der Waals surface area (Å²) in [6.45, 7) is 0. The number of aryl methyl sites for hydroxylation is 1. The average Bonchev–Trinajstić information content (AvgIpc) is 2.40. The molecule has 1 rings (SSSR count). The van der Waals surface area contributed by atoms with Crippen molar-refractivity contribution >= 4 is 34.5 Å². The first-order valence-corrected chi connectivity index (χ1v) is 6.57. The molecule has 0 saturated carbocycles. The molecule has 0 fully saturated rings. The van der Waals surface area contributed by atoms with Crippen molar-refractivity contribution in [3.63, 3.8) is 0 Å². The third-order valence-corrected chi connectivity index (χ3v) is 3.68. The number of benzene rings is 1. The minimum absolute atomic E-state index is 0.388. The van der Waals surface area contributed by atoms with Gasteiger partial charge in [0.1, 0.15) is 0 Å². The van der Waals surface area contributed by atoms with Gasteiger partial charge in [-0.15, -0.1) is 0 Å². The number of carbonyl (C=O) groups is 2. The van der Waals surface area contributed by atoms with Gasteiger partial charge in [-0.05, 0) is 47.1 Å². The Morgan fingerprint density at radius 1 is 1.17 bits per heavy atom. The fourth-order valence-electron chi connectivity index (χ4n) is 1.62. The van der Waals surface area contributed by atoms with E-state index < -0.39 is 17.9 Å². The van der Waals surface area contributed by atoms with Gasteiger partial charge in [-0.2, -0.15) is 0 Å². The summed E-state index contributed by atoms with van der Waals surface area (Å²) in [5.74, 6) is -1.95. The van der Waals surface area contributed by atoms with Gasteiger partial charge in [0.05, 0.1) is 14.2 Å². The van der Waals surface area contributed by atoms with Crippen molar-refractivity contribution in [2.45, 2.75) is 12.8 Å². The molecule has 0 aliphatic carbocycles. The third kappa shape index (κ3) is 3.97. The summed E-state index contributed by atoms with van der Waals surface area (Å²) in [5.41, 5.74) is 1.11. The topological polar surface area (TPSA) is 52.6 Å². The van der Waals surface area contributed by atoms with E-state index in [0.29, 0.717) is 12.8 Å². The Bertz CT molecular complexity index is 415. The fraction of sp³-hybridized carbons (Fsp3) is 0.385. The Morgan fingerprint density at radius 2 is 1.72 bits per heavy atom. The lowest BCUT2D eigenvalue weighted by Gasteiger charge is -2.12. The van der Waals surface area contributed by atoms with Gasteiger partial charge < -0.3 is 9.47 Å². The molecule has 0 radical (unpaired) electrons. The zero-order valence-electron chi connectivity index (χ0n) is 10.3. The summed E-state index contributed by atoms with van der Waals surface area (Å²) in [6.07, 6.45) is 1.02. The van der Waals surface area contributed by atoms with E-state index in [9.17, 15) is 9.59 Å². The van der Waals surface area contributed by atoms with Crippen LogP contribution in [0.5, 0.6) is 0 Å². The predicted octanol–water partition coefficient (Wildman–Crippen LogP) is 2.19. The molecule has 0 unspecified atom stereocenters. The minimum Gasteiger partial charge on any atom is -0.468 e. The Balaban J connectivity index is 2.71. The van der Waals surface area contributed by atoms with Crippen molar-refractivity contribution in [3.8, 4) is 0 Å². The molecule has 18 heavy (non-hydrogen) atoms. The number of ether oxygens (including phenoxy) is 2. The molecule has 0 N–H and O–H groups in total. The van der Waals surface area contributed by atoms with E-state index in [0.717, 1.165) is 9.13 Å². The van der Waals surface area contributed by atoms with E-state index in [1.165, 1.54) is 14.2 Å². The molecule has 0 spiro atoms. The van der Waals surface area contributed by atoms with Crippen molar-refractivity contribution in [3.05, 3.63) is 33.4 Å². The van der Waals surface area contributed by atoms with Crippen LogP contribution in [0.15, 0.2) is 24.3 Å². The summed E-state index contributed by atoms with van der Waals surface area (Å²) in [6, 6.07) is 7.85. The van der Waals surface area contributed by atoms with Crippen LogP contribution < -0.4 is 0 Å². The third-order valence-electron chi connectivity index (χ3n) is 2.63. The molecule has 98 valence electrons. The maximum Gasteiger partial charge on any atom is 0.320 e. The van der Waals surface area contributed by atoms with Crippen LogP contribution in [0.2, 0.25) is 0 Å². The van der Waals surface area contributed by atoms with Crippen LogP contribution in [0, 0.1) is 9.49 Å². The molecule has 0 aromatic heterocycles. The molecule has 1 aromatic carbocycles. The van der Waals surface area contributed by atoms with Crippen LogP contribution in [0.3, 0.4) is 0 Å². The molecule has 0 bridgehead atoms. The molecular formula is C13H15IO4. The van der Waals surface area contributed by atoms with Gasteiger partial charge in [0.15, 0.2) is 5.92 Å². The quantitative estimate of drug-likeness (QED) is 0.458. The Kier molecular flexibility index (Phi) is 6.11. The van der Waals surface area contributed by atoms with Crippen LogP contribution in [-0.2, 0) is 25.5 Å². The molecule has 0 saturated heterocycles. The van der Waals surface area contributed by atoms with E-state index in [1.807, 2.05) is 24.3 Å². The monoisotopic (exact) mass is 362 g/mol.